The fourth-order valence-electron chi connectivity index (χ4n) is 3.28. The first-order valence-corrected chi connectivity index (χ1v) is 7.49. The van der Waals surface area contributed by atoms with Gasteiger partial charge in [-0.1, -0.05) is 32.1 Å². The molecule has 4 heteroatoms. The molecule has 0 aromatic heterocycles. The summed E-state index contributed by atoms with van der Waals surface area (Å²) in [6.45, 7) is 0.539. The van der Waals surface area contributed by atoms with Crippen LogP contribution in [0.4, 0.5) is 4.79 Å². The number of nitrogens with one attached hydrogen (secondary N) is 1. The summed E-state index contributed by atoms with van der Waals surface area (Å²) in [4.78, 5) is 14.2. The Morgan fingerprint density at radius 1 is 1.06 bits per heavy atom. The van der Waals surface area contributed by atoms with Gasteiger partial charge < -0.3 is 15.3 Å². The summed E-state index contributed by atoms with van der Waals surface area (Å²) in [5, 5.41) is 12.3. The van der Waals surface area contributed by atoms with Crippen LogP contribution in [0.1, 0.15) is 57.8 Å². The van der Waals surface area contributed by atoms with Crippen molar-refractivity contribution in [2.45, 2.75) is 69.9 Å². The van der Waals surface area contributed by atoms with E-state index in [0.29, 0.717) is 18.6 Å². The highest BCUT2D eigenvalue weighted by atomic mass is 16.3. The average molecular weight is 254 g/mol. The maximum absolute atomic E-state index is 12.3. The monoisotopic (exact) mass is 254 g/mol. The summed E-state index contributed by atoms with van der Waals surface area (Å²) in [5.74, 6) is 0. The standard InChI is InChI=1S/C14H26N2O2/c17-11-10-16(13-8-4-5-9-13)14(18)15-12-6-2-1-3-7-12/h12-13,17H,1-11H2,(H,15,18). The van der Waals surface area contributed by atoms with Crippen LogP contribution in [0.3, 0.4) is 0 Å². The van der Waals surface area contributed by atoms with Crippen LogP contribution in [0, 0.1) is 0 Å². The highest BCUT2D eigenvalue weighted by molar-refractivity contribution is 5.75. The maximum atomic E-state index is 12.3. The fourth-order valence-corrected chi connectivity index (χ4v) is 3.28. The Labute approximate surface area is 110 Å². The number of amides is 2. The van der Waals surface area contributed by atoms with Crippen LogP contribution in [-0.4, -0.2) is 41.3 Å². The average Bonchev–Trinajstić information content (AvgIpc) is 2.90. The van der Waals surface area contributed by atoms with E-state index in [2.05, 4.69) is 5.32 Å². The third kappa shape index (κ3) is 3.61. The number of aliphatic hydroxyl groups is 1. The largest absolute Gasteiger partial charge is 0.395 e. The number of carbonyl (C=O) groups is 1. The van der Waals surface area contributed by atoms with E-state index in [-0.39, 0.29) is 12.6 Å². The minimum atomic E-state index is 0.0443. The van der Waals surface area contributed by atoms with Gasteiger partial charge in [-0.05, 0) is 25.7 Å². The predicted molar refractivity (Wildman–Crippen MR) is 71.5 cm³/mol. The summed E-state index contributed by atoms with van der Waals surface area (Å²) in [6, 6.07) is 0.748. The van der Waals surface area contributed by atoms with Gasteiger partial charge in [-0.15, -0.1) is 0 Å². The van der Waals surface area contributed by atoms with E-state index in [1.165, 1.54) is 32.1 Å². The molecule has 2 saturated carbocycles. The molecule has 0 radical (unpaired) electrons. The number of carbonyl (C=O) groups excluding carboxylic acids is 1. The van der Waals surface area contributed by atoms with Crippen molar-refractivity contribution < 1.29 is 9.90 Å². The Balaban J connectivity index is 1.85. The van der Waals surface area contributed by atoms with Gasteiger partial charge in [0.25, 0.3) is 0 Å². The highest BCUT2D eigenvalue weighted by Crippen LogP contribution is 2.24. The Kier molecular flexibility index (Phi) is 5.29. The number of hydrogen-bond acceptors (Lipinski definition) is 2. The summed E-state index contributed by atoms with van der Waals surface area (Å²) >= 11 is 0. The molecule has 2 aliphatic carbocycles. The van der Waals surface area contributed by atoms with Crippen LogP contribution in [0.25, 0.3) is 0 Å². The Hall–Kier alpha value is -0.770. The zero-order valence-corrected chi connectivity index (χ0v) is 11.2. The Morgan fingerprint density at radius 2 is 1.67 bits per heavy atom. The highest BCUT2D eigenvalue weighted by Gasteiger charge is 2.27. The SMILES string of the molecule is O=C(NC1CCCCC1)N(CCO)C1CCCC1. The molecule has 0 aliphatic heterocycles. The van der Waals surface area contributed by atoms with Gasteiger partial charge in [-0.2, -0.15) is 0 Å². The second-order valence-corrected chi connectivity index (χ2v) is 5.64. The second kappa shape index (κ2) is 6.98. The van der Waals surface area contributed by atoms with Crippen LogP contribution < -0.4 is 5.32 Å². The molecular weight excluding hydrogens is 228 g/mol. The quantitative estimate of drug-likeness (QED) is 0.808. The molecule has 0 unspecified atom stereocenters. The molecule has 18 heavy (non-hydrogen) atoms. The zero-order valence-electron chi connectivity index (χ0n) is 11.2. The summed E-state index contributed by atoms with van der Waals surface area (Å²) < 4.78 is 0. The summed E-state index contributed by atoms with van der Waals surface area (Å²) in [6.07, 6.45) is 10.6. The molecule has 0 aromatic carbocycles. The number of urea groups is 1. The molecule has 0 atom stereocenters. The van der Waals surface area contributed by atoms with Gasteiger partial charge in [-0.25, -0.2) is 4.79 Å². The van der Waals surface area contributed by atoms with Gasteiger partial charge in [0, 0.05) is 18.6 Å². The van der Waals surface area contributed by atoms with Crippen LogP contribution in [0.2, 0.25) is 0 Å². The van der Waals surface area contributed by atoms with Gasteiger partial charge in [0.2, 0.25) is 0 Å². The predicted octanol–water partition coefficient (Wildman–Crippen LogP) is 2.27. The van der Waals surface area contributed by atoms with E-state index in [1.54, 1.807) is 0 Å². The van der Waals surface area contributed by atoms with E-state index < -0.39 is 0 Å². The second-order valence-electron chi connectivity index (χ2n) is 5.64. The van der Waals surface area contributed by atoms with Crippen molar-refractivity contribution in [2.24, 2.45) is 0 Å². The first kappa shape index (κ1) is 13.7. The molecule has 0 heterocycles. The molecule has 0 bridgehead atoms. The molecule has 2 N–H and O–H groups in total. The lowest BCUT2D eigenvalue weighted by Crippen LogP contribution is -2.50. The maximum Gasteiger partial charge on any atom is 0.317 e. The van der Waals surface area contributed by atoms with Gasteiger partial charge >= 0.3 is 6.03 Å². The number of rotatable bonds is 4. The molecule has 2 rings (SSSR count). The minimum absolute atomic E-state index is 0.0443. The minimum Gasteiger partial charge on any atom is -0.395 e. The Morgan fingerprint density at radius 3 is 2.28 bits per heavy atom. The lowest BCUT2D eigenvalue weighted by atomic mass is 9.96. The van der Waals surface area contributed by atoms with E-state index in [4.69, 9.17) is 5.11 Å². The van der Waals surface area contributed by atoms with E-state index >= 15 is 0 Å². The van der Waals surface area contributed by atoms with E-state index in [1.807, 2.05) is 4.90 Å². The lowest BCUT2D eigenvalue weighted by Gasteiger charge is -2.31. The van der Waals surface area contributed by atoms with Crippen LogP contribution in [0.15, 0.2) is 0 Å². The van der Waals surface area contributed by atoms with Crippen LogP contribution in [0.5, 0.6) is 0 Å². The van der Waals surface area contributed by atoms with Crippen LogP contribution in [-0.2, 0) is 0 Å². The van der Waals surface area contributed by atoms with E-state index in [9.17, 15) is 4.79 Å². The van der Waals surface area contributed by atoms with Gasteiger partial charge in [0.15, 0.2) is 0 Å². The summed E-state index contributed by atoms with van der Waals surface area (Å²) in [5.41, 5.74) is 0. The zero-order chi connectivity index (χ0) is 12.8. The number of nitrogens with zero attached hydrogens (tertiary/aromatic N) is 1. The molecule has 0 saturated heterocycles. The molecule has 2 fully saturated rings. The first-order valence-electron chi connectivity index (χ1n) is 7.49. The van der Waals surface area contributed by atoms with Crippen molar-refractivity contribution >= 4 is 6.03 Å². The summed E-state index contributed by atoms with van der Waals surface area (Å²) in [7, 11) is 0. The van der Waals surface area contributed by atoms with Crippen molar-refractivity contribution in [2.75, 3.05) is 13.2 Å². The third-order valence-electron chi connectivity index (χ3n) is 4.30. The molecule has 0 spiro atoms. The van der Waals surface area contributed by atoms with Gasteiger partial charge in [0.1, 0.15) is 0 Å². The van der Waals surface area contributed by atoms with Crippen molar-refractivity contribution in [1.82, 2.24) is 10.2 Å². The van der Waals surface area contributed by atoms with Crippen molar-refractivity contribution in [1.29, 1.82) is 0 Å². The number of hydrogen-bond donors (Lipinski definition) is 2. The molecule has 2 amide bonds. The van der Waals surface area contributed by atoms with Gasteiger partial charge in [-0.3, -0.25) is 0 Å². The first-order chi connectivity index (χ1) is 8.81. The lowest BCUT2D eigenvalue weighted by molar-refractivity contribution is 0.147. The molecule has 4 nitrogen and oxygen atoms in total. The molecule has 0 aromatic rings. The smallest absolute Gasteiger partial charge is 0.317 e. The van der Waals surface area contributed by atoms with Gasteiger partial charge in [0.05, 0.1) is 6.61 Å². The van der Waals surface area contributed by atoms with Crippen molar-refractivity contribution in [3.8, 4) is 0 Å². The van der Waals surface area contributed by atoms with Crippen molar-refractivity contribution in [3.63, 3.8) is 0 Å². The third-order valence-corrected chi connectivity index (χ3v) is 4.30. The number of aliphatic hydroxyl groups excluding tert-OH is 1. The fraction of sp³-hybridized carbons (Fsp3) is 0.929. The normalized spacial score (nSPS) is 22.1. The van der Waals surface area contributed by atoms with E-state index in [0.717, 1.165) is 25.7 Å². The van der Waals surface area contributed by atoms with Crippen LogP contribution >= 0.6 is 0 Å². The Bertz CT molecular complexity index is 259. The molecule has 2 aliphatic rings. The molecule has 104 valence electrons. The topological polar surface area (TPSA) is 52.6 Å². The van der Waals surface area contributed by atoms with Crippen molar-refractivity contribution in [3.05, 3.63) is 0 Å². The molecular formula is C14H26N2O2.